The van der Waals surface area contributed by atoms with Gasteiger partial charge in [-0.25, -0.2) is 8.42 Å². The summed E-state index contributed by atoms with van der Waals surface area (Å²) in [7, 11) is -0.932. The van der Waals surface area contributed by atoms with Gasteiger partial charge in [-0.2, -0.15) is 0 Å². The lowest BCUT2D eigenvalue weighted by molar-refractivity contribution is -0.140. The summed E-state index contributed by atoms with van der Waals surface area (Å²) in [5.41, 5.74) is 1.77. The second kappa shape index (κ2) is 14.9. The minimum absolute atomic E-state index is 0.0441. The van der Waals surface area contributed by atoms with Crippen molar-refractivity contribution < 1.29 is 27.5 Å². The van der Waals surface area contributed by atoms with Crippen LogP contribution in [0.1, 0.15) is 31.4 Å². The highest BCUT2D eigenvalue weighted by atomic mass is 35.5. The molecule has 11 heteroatoms. The van der Waals surface area contributed by atoms with E-state index in [-0.39, 0.29) is 35.6 Å². The molecule has 0 heterocycles. The van der Waals surface area contributed by atoms with Gasteiger partial charge in [0.15, 0.2) is 0 Å². The summed E-state index contributed by atoms with van der Waals surface area (Å²) in [6.07, 6.45) is 1.95. The van der Waals surface area contributed by atoms with Crippen molar-refractivity contribution in [1.82, 2.24) is 10.2 Å². The maximum atomic E-state index is 14.2. The van der Waals surface area contributed by atoms with Gasteiger partial charge in [-0.3, -0.25) is 13.9 Å². The van der Waals surface area contributed by atoms with Crippen LogP contribution >= 0.6 is 11.6 Å². The average molecular weight is 616 g/mol. The Morgan fingerprint density at radius 2 is 1.64 bits per heavy atom. The second-order valence-corrected chi connectivity index (χ2v) is 12.3. The van der Waals surface area contributed by atoms with Gasteiger partial charge < -0.3 is 19.7 Å². The number of carbonyl (C=O) groups excluding carboxylic acids is 2. The monoisotopic (exact) mass is 615 g/mol. The van der Waals surface area contributed by atoms with Gasteiger partial charge in [0.2, 0.25) is 21.8 Å². The van der Waals surface area contributed by atoms with Crippen molar-refractivity contribution in [3.8, 4) is 11.5 Å². The molecule has 0 saturated carbocycles. The lowest BCUT2D eigenvalue weighted by atomic mass is 10.0. The van der Waals surface area contributed by atoms with E-state index in [1.54, 1.807) is 25.3 Å². The molecule has 0 aliphatic heterocycles. The first-order valence-electron chi connectivity index (χ1n) is 13.5. The second-order valence-electron chi connectivity index (χ2n) is 9.99. The number of halogens is 1. The van der Waals surface area contributed by atoms with Crippen molar-refractivity contribution >= 4 is 39.1 Å². The van der Waals surface area contributed by atoms with Gasteiger partial charge in [0.25, 0.3) is 0 Å². The molecule has 9 nitrogen and oxygen atoms in total. The van der Waals surface area contributed by atoms with E-state index in [0.29, 0.717) is 17.9 Å². The highest BCUT2D eigenvalue weighted by Crippen LogP contribution is 2.30. The molecule has 0 aliphatic rings. The Kier molecular flexibility index (Phi) is 11.6. The van der Waals surface area contributed by atoms with Crippen LogP contribution in [-0.4, -0.2) is 64.2 Å². The van der Waals surface area contributed by atoms with Gasteiger partial charge in [0.05, 0.1) is 31.2 Å². The highest BCUT2D eigenvalue weighted by Gasteiger charge is 2.33. The van der Waals surface area contributed by atoms with E-state index in [1.165, 1.54) is 30.2 Å². The zero-order valence-corrected chi connectivity index (χ0v) is 26.1. The fourth-order valence-corrected chi connectivity index (χ4v) is 5.48. The molecule has 3 rings (SSSR count). The first-order valence-corrected chi connectivity index (χ1v) is 15.8. The third-order valence-electron chi connectivity index (χ3n) is 6.86. The third-order valence-corrected chi connectivity index (χ3v) is 8.30. The zero-order valence-electron chi connectivity index (χ0n) is 24.5. The number of benzene rings is 3. The maximum Gasteiger partial charge on any atom is 0.244 e. The van der Waals surface area contributed by atoms with Crippen LogP contribution in [0.5, 0.6) is 11.5 Å². The molecule has 0 spiro atoms. The summed E-state index contributed by atoms with van der Waals surface area (Å²) in [5, 5.41) is 3.20. The number of hydrogen-bond donors (Lipinski definition) is 1. The number of nitrogens with one attached hydrogen (secondary N) is 1. The predicted molar refractivity (Wildman–Crippen MR) is 166 cm³/mol. The molecule has 2 atom stereocenters. The van der Waals surface area contributed by atoms with Crippen LogP contribution in [-0.2, 0) is 32.6 Å². The lowest BCUT2D eigenvalue weighted by Gasteiger charge is -2.34. The Bertz CT molecular complexity index is 1470. The van der Waals surface area contributed by atoms with Crippen molar-refractivity contribution in [1.29, 1.82) is 0 Å². The SMILES string of the molecule is CC[C@@H](C)NC(=O)[C@H](Cc1ccccc1)N(Cc1cccc(OC)c1)C(=O)CN(c1ccc(OC)c(Cl)c1)S(C)(=O)=O. The van der Waals surface area contributed by atoms with Gasteiger partial charge in [0, 0.05) is 19.0 Å². The molecule has 3 aromatic carbocycles. The number of methoxy groups -OCH3 is 2. The van der Waals surface area contributed by atoms with Crippen LogP contribution in [0.15, 0.2) is 72.8 Å². The summed E-state index contributed by atoms with van der Waals surface area (Å²) in [5.74, 6) is 0.0666. The number of amides is 2. The predicted octanol–water partition coefficient (Wildman–Crippen LogP) is 4.68. The standard InChI is InChI=1S/C31H38ClN3O6S/c1-6-22(2)33-31(37)28(18-23-11-8-7-9-12-23)34(20-24-13-10-14-26(17-24)40-3)30(36)21-35(42(5,38)39)25-15-16-29(41-4)27(32)19-25/h7-17,19,22,28H,6,18,20-21H2,1-5H3,(H,33,37)/t22-,28+/m1/s1. The topological polar surface area (TPSA) is 105 Å². The summed E-state index contributed by atoms with van der Waals surface area (Å²) >= 11 is 6.30. The maximum absolute atomic E-state index is 14.2. The van der Waals surface area contributed by atoms with E-state index in [9.17, 15) is 18.0 Å². The van der Waals surface area contributed by atoms with Gasteiger partial charge in [-0.05, 0) is 54.8 Å². The van der Waals surface area contributed by atoms with Gasteiger partial charge in [-0.15, -0.1) is 0 Å². The van der Waals surface area contributed by atoms with Crippen LogP contribution in [0.3, 0.4) is 0 Å². The molecule has 0 aliphatic carbocycles. The van der Waals surface area contributed by atoms with E-state index in [4.69, 9.17) is 21.1 Å². The molecule has 0 bridgehead atoms. The van der Waals surface area contributed by atoms with E-state index < -0.39 is 28.5 Å². The molecule has 0 saturated heterocycles. The van der Waals surface area contributed by atoms with E-state index >= 15 is 0 Å². The smallest absolute Gasteiger partial charge is 0.244 e. The highest BCUT2D eigenvalue weighted by molar-refractivity contribution is 7.92. The first-order chi connectivity index (χ1) is 20.0. The molecule has 0 unspecified atom stereocenters. The number of ether oxygens (including phenoxy) is 2. The number of hydrogen-bond acceptors (Lipinski definition) is 6. The summed E-state index contributed by atoms with van der Waals surface area (Å²) < 4.78 is 37.5. The Balaban J connectivity index is 2.08. The fourth-order valence-electron chi connectivity index (χ4n) is 4.39. The van der Waals surface area contributed by atoms with Gasteiger partial charge >= 0.3 is 0 Å². The van der Waals surface area contributed by atoms with Crippen LogP contribution < -0.4 is 19.1 Å². The molecule has 0 radical (unpaired) electrons. The molecule has 0 fully saturated rings. The summed E-state index contributed by atoms with van der Waals surface area (Å²) in [4.78, 5) is 29.4. The summed E-state index contributed by atoms with van der Waals surface area (Å²) in [6, 6.07) is 20.0. The van der Waals surface area contributed by atoms with E-state index in [0.717, 1.165) is 21.7 Å². The van der Waals surface area contributed by atoms with E-state index in [1.807, 2.05) is 50.2 Å². The molecule has 1 N–H and O–H groups in total. The number of nitrogens with zero attached hydrogens (tertiary/aromatic N) is 2. The van der Waals surface area contributed by atoms with Gasteiger partial charge in [-0.1, -0.05) is 61.0 Å². The molecular formula is C31H38ClN3O6S. The largest absolute Gasteiger partial charge is 0.497 e. The Hall–Kier alpha value is -3.76. The normalized spacial score (nSPS) is 12.6. The fraction of sp³-hybridized carbons (Fsp3) is 0.355. The summed E-state index contributed by atoms with van der Waals surface area (Å²) in [6.45, 7) is 3.35. The minimum Gasteiger partial charge on any atom is -0.497 e. The van der Waals surface area contributed by atoms with Crippen LogP contribution in [0, 0.1) is 0 Å². The Morgan fingerprint density at radius 3 is 2.24 bits per heavy atom. The molecule has 3 aromatic rings. The van der Waals surface area contributed by atoms with E-state index in [2.05, 4.69) is 5.32 Å². The van der Waals surface area contributed by atoms with Crippen molar-refractivity contribution in [2.75, 3.05) is 31.3 Å². The Morgan fingerprint density at radius 1 is 0.952 bits per heavy atom. The molecule has 42 heavy (non-hydrogen) atoms. The number of carbonyl (C=O) groups is 2. The van der Waals surface area contributed by atoms with Crippen molar-refractivity contribution in [2.24, 2.45) is 0 Å². The first kappa shape index (κ1) is 32.8. The number of sulfonamides is 1. The van der Waals surface area contributed by atoms with Crippen molar-refractivity contribution in [2.45, 2.75) is 45.3 Å². The average Bonchev–Trinajstić information content (AvgIpc) is 2.97. The zero-order chi connectivity index (χ0) is 30.9. The molecule has 2 amide bonds. The number of anilines is 1. The molecule has 0 aromatic heterocycles. The third kappa shape index (κ3) is 8.87. The molecule has 226 valence electrons. The van der Waals surface area contributed by atoms with Crippen LogP contribution in [0.2, 0.25) is 5.02 Å². The van der Waals surface area contributed by atoms with Gasteiger partial charge in [0.1, 0.15) is 24.1 Å². The Labute approximate surface area is 253 Å². The number of rotatable bonds is 14. The van der Waals surface area contributed by atoms with Crippen LogP contribution in [0.25, 0.3) is 0 Å². The molecular weight excluding hydrogens is 578 g/mol. The lowest BCUT2D eigenvalue weighted by Crippen LogP contribution is -2.54. The van der Waals surface area contributed by atoms with Crippen LogP contribution in [0.4, 0.5) is 5.69 Å². The minimum atomic E-state index is -3.93. The van der Waals surface area contributed by atoms with Crippen molar-refractivity contribution in [3.05, 3.63) is 88.9 Å². The van der Waals surface area contributed by atoms with Crippen molar-refractivity contribution in [3.63, 3.8) is 0 Å². The quantitative estimate of drug-likeness (QED) is 0.282.